The number of benzene rings is 1. The van der Waals surface area contributed by atoms with Gasteiger partial charge >= 0.3 is 0 Å². The van der Waals surface area contributed by atoms with Crippen LogP contribution in [0.15, 0.2) is 30.3 Å². The van der Waals surface area contributed by atoms with Crippen LogP contribution in [0.25, 0.3) is 5.69 Å². The predicted octanol–water partition coefficient (Wildman–Crippen LogP) is 4.49. The van der Waals surface area contributed by atoms with Gasteiger partial charge in [-0.25, -0.2) is 4.68 Å². The fraction of sp³-hybridized carbons (Fsp3) is 0.600. The van der Waals surface area contributed by atoms with Crippen LogP contribution < -0.4 is 10.1 Å². The molecule has 1 amide bonds. The molecule has 168 valence electrons. The van der Waals surface area contributed by atoms with Crippen LogP contribution in [0.4, 0.5) is 0 Å². The molecule has 6 nitrogen and oxygen atoms in total. The molecule has 1 aliphatic heterocycles. The Hall–Kier alpha value is -2.34. The standard InChI is InChI=1S/C25H36N4O2/c1-18(2)28-15-13-23(14-16-28)31-22-11-9-21(10-12-22)29-24(17-19(3)27-29)25(30)26-20-7-5-4-6-8-20/h9-12,17-18,20,23H,4-8,13-16H2,1-3H3,(H,26,30). The van der Waals surface area contributed by atoms with Gasteiger partial charge in [0.15, 0.2) is 0 Å². The number of aromatic nitrogens is 2. The van der Waals surface area contributed by atoms with Gasteiger partial charge in [-0.3, -0.25) is 4.79 Å². The first-order valence-corrected chi connectivity index (χ1v) is 11.9. The smallest absolute Gasteiger partial charge is 0.270 e. The summed E-state index contributed by atoms with van der Waals surface area (Å²) in [7, 11) is 0. The highest BCUT2D eigenvalue weighted by molar-refractivity contribution is 5.93. The van der Waals surface area contributed by atoms with Gasteiger partial charge in [0, 0.05) is 25.2 Å². The van der Waals surface area contributed by atoms with Gasteiger partial charge in [0.2, 0.25) is 0 Å². The first kappa shape index (κ1) is 21.9. The zero-order valence-electron chi connectivity index (χ0n) is 19.1. The number of hydrogen-bond acceptors (Lipinski definition) is 4. The van der Waals surface area contributed by atoms with Crippen molar-refractivity contribution in [3.8, 4) is 11.4 Å². The molecule has 0 bridgehead atoms. The van der Waals surface area contributed by atoms with Gasteiger partial charge in [0.25, 0.3) is 5.91 Å². The summed E-state index contributed by atoms with van der Waals surface area (Å²) in [5.41, 5.74) is 2.31. The van der Waals surface area contributed by atoms with Crippen LogP contribution in [0.1, 0.15) is 75.0 Å². The second kappa shape index (κ2) is 9.86. The molecule has 2 fully saturated rings. The molecule has 1 N–H and O–H groups in total. The van der Waals surface area contributed by atoms with Crippen molar-refractivity contribution in [1.82, 2.24) is 20.0 Å². The molecule has 1 aromatic carbocycles. The van der Waals surface area contributed by atoms with Crippen molar-refractivity contribution < 1.29 is 9.53 Å². The van der Waals surface area contributed by atoms with E-state index >= 15 is 0 Å². The summed E-state index contributed by atoms with van der Waals surface area (Å²) in [6.07, 6.45) is 8.19. The normalized spacial score (nSPS) is 19.0. The molecule has 6 heteroatoms. The summed E-state index contributed by atoms with van der Waals surface area (Å²) in [5, 5.41) is 7.78. The third-order valence-electron chi connectivity index (χ3n) is 6.60. The highest BCUT2D eigenvalue weighted by Gasteiger charge is 2.23. The molecule has 4 rings (SSSR count). The molecule has 31 heavy (non-hydrogen) atoms. The number of nitrogens with zero attached hydrogens (tertiary/aromatic N) is 3. The summed E-state index contributed by atoms with van der Waals surface area (Å²) < 4.78 is 7.97. The van der Waals surface area contributed by atoms with Crippen molar-refractivity contribution in [2.24, 2.45) is 0 Å². The van der Waals surface area contributed by atoms with E-state index in [1.165, 1.54) is 19.3 Å². The fourth-order valence-electron chi connectivity index (χ4n) is 4.73. The second-order valence-electron chi connectivity index (χ2n) is 9.33. The average molecular weight is 425 g/mol. The largest absolute Gasteiger partial charge is 0.490 e. The Morgan fingerprint density at radius 2 is 1.74 bits per heavy atom. The lowest BCUT2D eigenvalue weighted by molar-refractivity contribution is 0.0843. The molecule has 0 unspecified atom stereocenters. The molecule has 1 saturated heterocycles. The first-order valence-electron chi connectivity index (χ1n) is 11.9. The Morgan fingerprint density at radius 1 is 1.06 bits per heavy atom. The summed E-state index contributed by atoms with van der Waals surface area (Å²) >= 11 is 0. The number of ether oxygens (including phenoxy) is 1. The minimum atomic E-state index is -0.0373. The lowest BCUT2D eigenvalue weighted by Gasteiger charge is -2.34. The number of carbonyl (C=O) groups is 1. The third kappa shape index (κ3) is 5.48. The van der Waals surface area contributed by atoms with Gasteiger partial charge in [-0.15, -0.1) is 0 Å². The Balaban J connectivity index is 1.40. The van der Waals surface area contributed by atoms with E-state index in [4.69, 9.17) is 4.74 Å². The van der Waals surface area contributed by atoms with Crippen LogP contribution in [0.3, 0.4) is 0 Å². The van der Waals surface area contributed by atoms with Crippen LogP contribution >= 0.6 is 0 Å². The van der Waals surface area contributed by atoms with Crippen molar-refractivity contribution in [3.05, 3.63) is 41.7 Å². The van der Waals surface area contributed by atoms with E-state index in [1.807, 2.05) is 37.3 Å². The molecular formula is C25H36N4O2. The highest BCUT2D eigenvalue weighted by atomic mass is 16.5. The molecular weight excluding hydrogens is 388 g/mol. The Labute approximate surface area is 186 Å². The van der Waals surface area contributed by atoms with Crippen molar-refractivity contribution in [2.45, 2.75) is 83.9 Å². The SMILES string of the molecule is Cc1cc(C(=O)NC2CCCCC2)n(-c2ccc(OC3CCN(C(C)C)CC3)cc2)n1. The van der Waals surface area contributed by atoms with Gasteiger partial charge < -0.3 is 15.0 Å². The maximum atomic E-state index is 12.9. The van der Waals surface area contributed by atoms with Gasteiger partial charge in [0.1, 0.15) is 17.5 Å². The van der Waals surface area contributed by atoms with E-state index in [2.05, 4.69) is 29.2 Å². The molecule has 1 saturated carbocycles. The quantitative estimate of drug-likeness (QED) is 0.742. The van der Waals surface area contributed by atoms with E-state index in [0.29, 0.717) is 11.7 Å². The number of piperidine rings is 1. The predicted molar refractivity (Wildman–Crippen MR) is 123 cm³/mol. The topological polar surface area (TPSA) is 59.4 Å². The molecule has 1 aliphatic carbocycles. The number of likely N-dealkylation sites (tertiary alicyclic amines) is 1. The summed E-state index contributed by atoms with van der Waals surface area (Å²) in [4.78, 5) is 15.4. The maximum Gasteiger partial charge on any atom is 0.270 e. The van der Waals surface area contributed by atoms with Crippen LogP contribution in [0, 0.1) is 6.92 Å². The molecule has 2 aliphatic rings. The Bertz CT molecular complexity index is 860. The Kier molecular flexibility index (Phi) is 6.96. The zero-order chi connectivity index (χ0) is 21.8. The summed E-state index contributed by atoms with van der Waals surface area (Å²) in [6, 6.07) is 10.7. The average Bonchev–Trinajstić information content (AvgIpc) is 3.17. The van der Waals surface area contributed by atoms with E-state index in [1.54, 1.807) is 4.68 Å². The van der Waals surface area contributed by atoms with Crippen LogP contribution in [-0.2, 0) is 0 Å². The van der Waals surface area contributed by atoms with E-state index < -0.39 is 0 Å². The molecule has 0 radical (unpaired) electrons. The van der Waals surface area contributed by atoms with Gasteiger partial charge in [0.05, 0.1) is 11.4 Å². The van der Waals surface area contributed by atoms with Crippen molar-refractivity contribution in [2.75, 3.05) is 13.1 Å². The number of rotatable bonds is 6. The summed E-state index contributed by atoms with van der Waals surface area (Å²) in [6.45, 7) is 8.61. The number of nitrogens with one attached hydrogen (secondary N) is 1. The van der Waals surface area contributed by atoms with Crippen LogP contribution in [0.5, 0.6) is 5.75 Å². The second-order valence-corrected chi connectivity index (χ2v) is 9.33. The monoisotopic (exact) mass is 424 g/mol. The molecule has 0 atom stereocenters. The minimum Gasteiger partial charge on any atom is -0.490 e. The van der Waals surface area contributed by atoms with Crippen molar-refractivity contribution >= 4 is 5.91 Å². The van der Waals surface area contributed by atoms with Crippen molar-refractivity contribution in [3.63, 3.8) is 0 Å². The maximum absolute atomic E-state index is 12.9. The van der Waals surface area contributed by atoms with Crippen LogP contribution in [0.2, 0.25) is 0 Å². The Morgan fingerprint density at radius 3 is 2.39 bits per heavy atom. The highest BCUT2D eigenvalue weighted by Crippen LogP contribution is 2.23. The van der Waals surface area contributed by atoms with Gasteiger partial charge in [-0.05, 0) is 76.8 Å². The molecule has 2 heterocycles. The van der Waals surface area contributed by atoms with Gasteiger partial charge in [-0.1, -0.05) is 19.3 Å². The van der Waals surface area contributed by atoms with E-state index in [0.717, 1.165) is 55.9 Å². The number of aryl methyl sites for hydroxylation is 1. The number of amides is 1. The molecule has 2 aromatic rings. The van der Waals surface area contributed by atoms with E-state index in [-0.39, 0.29) is 18.1 Å². The lowest BCUT2D eigenvalue weighted by Crippen LogP contribution is -2.41. The number of hydrogen-bond donors (Lipinski definition) is 1. The van der Waals surface area contributed by atoms with Gasteiger partial charge in [-0.2, -0.15) is 5.10 Å². The minimum absolute atomic E-state index is 0.0373. The van der Waals surface area contributed by atoms with E-state index in [9.17, 15) is 4.79 Å². The third-order valence-corrected chi connectivity index (χ3v) is 6.60. The number of carbonyl (C=O) groups excluding carboxylic acids is 1. The first-order chi connectivity index (χ1) is 15.0. The summed E-state index contributed by atoms with van der Waals surface area (Å²) in [5.74, 6) is 0.841. The lowest BCUT2D eigenvalue weighted by atomic mass is 9.95. The van der Waals surface area contributed by atoms with Crippen LogP contribution in [-0.4, -0.2) is 51.9 Å². The van der Waals surface area contributed by atoms with Crippen molar-refractivity contribution in [1.29, 1.82) is 0 Å². The fourth-order valence-corrected chi connectivity index (χ4v) is 4.73. The molecule has 0 spiro atoms. The molecule has 1 aromatic heterocycles. The zero-order valence-corrected chi connectivity index (χ0v) is 19.1.